The van der Waals surface area contributed by atoms with Gasteiger partial charge in [-0.2, -0.15) is 0 Å². The molecule has 3 aromatic rings. The molecule has 2 atom stereocenters. The van der Waals surface area contributed by atoms with Crippen LogP contribution >= 0.6 is 27.5 Å². The first-order chi connectivity index (χ1) is 17.1. The van der Waals surface area contributed by atoms with Crippen molar-refractivity contribution in [2.75, 3.05) is 12.0 Å². The Labute approximate surface area is 218 Å². The zero-order chi connectivity index (χ0) is 25.9. The largest absolute Gasteiger partial charge is 0.496 e. The molecule has 2 unspecified atom stereocenters. The average Bonchev–Trinajstić information content (AvgIpc) is 3.09. The summed E-state index contributed by atoms with van der Waals surface area (Å²) in [6, 6.07) is 12.1. The number of nitrogens with zero attached hydrogens (tertiary/aromatic N) is 3. The molecular formula is C25H17BrClN3O6. The Morgan fingerprint density at radius 2 is 1.75 bits per heavy atom. The minimum atomic E-state index is -1.25. The zero-order valence-corrected chi connectivity index (χ0v) is 21.2. The summed E-state index contributed by atoms with van der Waals surface area (Å²) < 4.78 is 6.22. The number of nitro groups is 1. The molecule has 0 aliphatic carbocycles. The van der Waals surface area contributed by atoms with E-state index < -0.39 is 40.4 Å². The van der Waals surface area contributed by atoms with Crippen LogP contribution in [0.4, 0.5) is 11.4 Å². The number of benzene rings is 3. The fourth-order valence-electron chi connectivity index (χ4n) is 4.68. The highest BCUT2D eigenvalue weighted by Gasteiger charge is 2.59. The number of amides is 3. The van der Waals surface area contributed by atoms with Crippen molar-refractivity contribution in [1.82, 2.24) is 4.90 Å². The molecule has 5 rings (SSSR count). The number of β-lactam (4-membered cyclic amide) rings is 1. The lowest BCUT2D eigenvalue weighted by Crippen LogP contribution is -2.67. The summed E-state index contributed by atoms with van der Waals surface area (Å²) in [4.78, 5) is 53.5. The number of halogens is 2. The van der Waals surface area contributed by atoms with Gasteiger partial charge in [0.15, 0.2) is 0 Å². The predicted octanol–water partition coefficient (Wildman–Crippen LogP) is 5.08. The topological polar surface area (TPSA) is 110 Å². The quantitative estimate of drug-likeness (QED) is 0.183. The molecule has 3 amide bonds. The Hall–Kier alpha value is -3.76. The molecule has 2 aliphatic heterocycles. The van der Waals surface area contributed by atoms with Gasteiger partial charge in [0.05, 0.1) is 23.6 Å². The van der Waals surface area contributed by atoms with Gasteiger partial charge in [-0.1, -0.05) is 39.7 Å². The van der Waals surface area contributed by atoms with Crippen LogP contribution in [0.1, 0.15) is 37.9 Å². The summed E-state index contributed by atoms with van der Waals surface area (Å²) in [5, 5.41) is 12.0. The highest BCUT2D eigenvalue weighted by Crippen LogP contribution is 2.48. The lowest BCUT2D eigenvalue weighted by Gasteiger charge is -2.50. The van der Waals surface area contributed by atoms with Crippen molar-refractivity contribution >= 4 is 56.6 Å². The monoisotopic (exact) mass is 569 g/mol. The minimum absolute atomic E-state index is 0.112. The molecule has 3 aromatic carbocycles. The maximum atomic E-state index is 13.6. The van der Waals surface area contributed by atoms with E-state index in [0.29, 0.717) is 26.5 Å². The van der Waals surface area contributed by atoms with Crippen molar-refractivity contribution in [3.63, 3.8) is 0 Å². The summed E-state index contributed by atoms with van der Waals surface area (Å²) in [5.74, 6) is -1.75. The van der Waals surface area contributed by atoms with E-state index in [-0.39, 0.29) is 11.1 Å². The summed E-state index contributed by atoms with van der Waals surface area (Å²) in [5.41, 5.74) is 0.907. The number of nitro benzene ring substituents is 1. The summed E-state index contributed by atoms with van der Waals surface area (Å²) in [6.45, 7) is 1.83. The van der Waals surface area contributed by atoms with E-state index in [4.69, 9.17) is 16.3 Å². The van der Waals surface area contributed by atoms with Crippen LogP contribution in [-0.2, 0) is 4.79 Å². The van der Waals surface area contributed by atoms with Crippen LogP contribution in [0.2, 0.25) is 5.02 Å². The van der Waals surface area contributed by atoms with Crippen LogP contribution in [0.15, 0.2) is 59.1 Å². The molecule has 0 spiro atoms. The van der Waals surface area contributed by atoms with Crippen molar-refractivity contribution < 1.29 is 24.0 Å². The van der Waals surface area contributed by atoms with Crippen molar-refractivity contribution in [2.24, 2.45) is 0 Å². The van der Waals surface area contributed by atoms with Gasteiger partial charge in [0.25, 0.3) is 23.4 Å². The second kappa shape index (κ2) is 8.72. The molecule has 0 N–H and O–H groups in total. The number of carbonyl (C=O) groups is 3. The second-order valence-electron chi connectivity index (χ2n) is 8.35. The SMILES string of the molecule is COc1ccc(Br)cc1C1C(N2C(=O)c3cccc([N+](=O)[O-])c3C2=O)C(=O)N1c1ccc(C)c(Cl)c1. The van der Waals surface area contributed by atoms with E-state index in [9.17, 15) is 24.5 Å². The zero-order valence-electron chi connectivity index (χ0n) is 18.9. The van der Waals surface area contributed by atoms with Gasteiger partial charge in [0.2, 0.25) is 0 Å². The van der Waals surface area contributed by atoms with Gasteiger partial charge < -0.3 is 9.64 Å². The molecule has 2 heterocycles. The van der Waals surface area contributed by atoms with Gasteiger partial charge in [-0.15, -0.1) is 0 Å². The first-order valence-corrected chi connectivity index (χ1v) is 11.9. The lowest BCUT2D eigenvalue weighted by atomic mass is 9.85. The molecule has 11 heteroatoms. The highest BCUT2D eigenvalue weighted by atomic mass is 79.9. The van der Waals surface area contributed by atoms with Crippen molar-refractivity contribution in [1.29, 1.82) is 0 Å². The number of ether oxygens (including phenoxy) is 1. The van der Waals surface area contributed by atoms with Gasteiger partial charge in [-0.05, 0) is 48.9 Å². The number of imide groups is 1. The number of rotatable bonds is 5. The molecule has 1 saturated heterocycles. The third kappa shape index (κ3) is 3.48. The third-order valence-corrected chi connectivity index (χ3v) is 7.31. The Morgan fingerprint density at radius 3 is 2.42 bits per heavy atom. The number of hydrogen-bond acceptors (Lipinski definition) is 6. The van der Waals surface area contributed by atoms with Gasteiger partial charge in [-0.3, -0.25) is 29.4 Å². The van der Waals surface area contributed by atoms with Crippen LogP contribution < -0.4 is 9.64 Å². The number of aryl methyl sites for hydroxylation is 1. The molecule has 0 bridgehead atoms. The summed E-state index contributed by atoms with van der Waals surface area (Å²) >= 11 is 9.76. The molecule has 0 saturated carbocycles. The van der Waals surface area contributed by atoms with E-state index in [0.717, 1.165) is 16.5 Å². The number of anilines is 1. The van der Waals surface area contributed by atoms with Gasteiger partial charge in [0.1, 0.15) is 17.4 Å². The summed E-state index contributed by atoms with van der Waals surface area (Å²) in [7, 11) is 1.47. The number of hydrogen-bond donors (Lipinski definition) is 0. The molecule has 182 valence electrons. The van der Waals surface area contributed by atoms with Crippen molar-refractivity contribution in [3.05, 3.63) is 96.5 Å². The molecule has 2 aliphatic rings. The predicted molar refractivity (Wildman–Crippen MR) is 134 cm³/mol. The van der Waals surface area contributed by atoms with Crippen LogP contribution in [0.25, 0.3) is 0 Å². The molecule has 9 nitrogen and oxygen atoms in total. The molecular weight excluding hydrogens is 554 g/mol. The molecule has 0 aromatic heterocycles. The maximum Gasteiger partial charge on any atom is 0.282 e. The van der Waals surface area contributed by atoms with Crippen LogP contribution in [-0.4, -0.2) is 40.7 Å². The van der Waals surface area contributed by atoms with Gasteiger partial charge >= 0.3 is 0 Å². The minimum Gasteiger partial charge on any atom is -0.496 e. The molecule has 0 radical (unpaired) electrons. The number of carbonyl (C=O) groups excluding carboxylic acids is 3. The van der Waals surface area contributed by atoms with Crippen molar-refractivity contribution in [2.45, 2.75) is 19.0 Å². The third-order valence-electron chi connectivity index (χ3n) is 6.41. The van der Waals surface area contributed by atoms with Crippen LogP contribution in [0.3, 0.4) is 0 Å². The Morgan fingerprint density at radius 1 is 1.00 bits per heavy atom. The highest BCUT2D eigenvalue weighted by molar-refractivity contribution is 9.10. The van der Waals surface area contributed by atoms with E-state index in [1.807, 2.05) is 6.92 Å². The van der Waals surface area contributed by atoms with E-state index >= 15 is 0 Å². The molecule has 1 fully saturated rings. The Balaban J connectivity index is 1.66. The Bertz CT molecular complexity index is 1490. The summed E-state index contributed by atoms with van der Waals surface area (Å²) in [6.07, 6.45) is 0. The van der Waals surface area contributed by atoms with Crippen molar-refractivity contribution in [3.8, 4) is 5.75 Å². The maximum absolute atomic E-state index is 13.6. The average molecular weight is 571 g/mol. The first kappa shape index (κ1) is 24.0. The smallest absolute Gasteiger partial charge is 0.282 e. The standard InChI is InChI=1S/C25H17BrClN3O6/c1-12-6-8-14(11-17(12)27)28-21(16-10-13(26)7-9-19(16)36-2)22(25(28)33)29-23(31)15-4-3-5-18(30(34)35)20(15)24(29)32/h3-11,21-22H,1-2H3. The fraction of sp³-hybridized carbons (Fsp3) is 0.160. The number of fused-ring (bicyclic) bond motifs is 1. The van der Waals surface area contributed by atoms with E-state index in [1.165, 1.54) is 24.1 Å². The van der Waals surface area contributed by atoms with Gasteiger partial charge in [0, 0.05) is 26.8 Å². The van der Waals surface area contributed by atoms with Crippen LogP contribution in [0, 0.1) is 17.0 Å². The van der Waals surface area contributed by atoms with Gasteiger partial charge in [-0.25, -0.2) is 0 Å². The van der Waals surface area contributed by atoms with E-state index in [1.54, 1.807) is 36.4 Å². The lowest BCUT2D eigenvalue weighted by molar-refractivity contribution is -0.385. The Kier molecular flexibility index (Phi) is 5.80. The fourth-order valence-corrected chi connectivity index (χ4v) is 5.23. The first-order valence-electron chi connectivity index (χ1n) is 10.7. The van der Waals surface area contributed by atoms with E-state index in [2.05, 4.69) is 15.9 Å². The normalized spacial score (nSPS) is 18.8. The molecule has 36 heavy (non-hydrogen) atoms. The van der Waals surface area contributed by atoms with Crippen LogP contribution in [0.5, 0.6) is 5.75 Å². The second-order valence-corrected chi connectivity index (χ2v) is 9.68. The number of methoxy groups -OCH3 is 1.